The van der Waals surface area contributed by atoms with Crippen LogP contribution in [0.15, 0.2) is 36.9 Å². The van der Waals surface area contributed by atoms with Crippen molar-refractivity contribution >= 4 is 27.5 Å². The zero-order chi connectivity index (χ0) is 22.1. The van der Waals surface area contributed by atoms with Gasteiger partial charge in [0, 0.05) is 30.0 Å². The molecular formula is C22H26N2O5S. The highest BCUT2D eigenvalue weighted by molar-refractivity contribution is 7.92. The number of carbonyl (C=O) groups excluding carboxylic acids is 2. The summed E-state index contributed by atoms with van der Waals surface area (Å²) in [6, 6.07) is 6.59. The molecule has 0 saturated heterocycles. The topological polar surface area (TPSA) is 85.7 Å². The zero-order valence-corrected chi connectivity index (χ0v) is 18.3. The Bertz CT molecular complexity index is 1110. The molecule has 0 N–H and O–H groups in total. The molecule has 0 saturated carbocycles. The van der Waals surface area contributed by atoms with Gasteiger partial charge in [-0.3, -0.25) is 9.10 Å². The number of hydrogen-bond acceptors (Lipinski definition) is 5. The number of aromatic nitrogens is 1. The maximum absolute atomic E-state index is 12.6. The first-order chi connectivity index (χ1) is 14.1. The summed E-state index contributed by atoms with van der Waals surface area (Å²) in [5.41, 5.74) is 3.94. The van der Waals surface area contributed by atoms with Crippen molar-refractivity contribution in [2.45, 2.75) is 33.2 Å². The number of sulfonamides is 1. The van der Waals surface area contributed by atoms with Crippen LogP contribution in [0.4, 0.5) is 5.69 Å². The summed E-state index contributed by atoms with van der Waals surface area (Å²) in [6.45, 7) is 8.15. The zero-order valence-electron chi connectivity index (χ0n) is 17.5. The van der Waals surface area contributed by atoms with Gasteiger partial charge < -0.3 is 9.30 Å². The van der Waals surface area contributed by atoms with Crippen molar-refractivity contribution in [3.8, 4) is 0 Å². The number of carbonyl (C=O) groups is 2. The molecule has 0 amide bonds. The van der Waals surface area contributed by atoms with Crippen LogP contribution in [0.25, 0.3) is 0 Å². The summed E-state index contributed by atoms with van der Waals surface area (Å²) in [5, 5.41) is 0. The van der Waals surface area contributed by atoms with Crippen molar-refractivity contribution in [3.63, 3.8) is 0 Å². The first-order valence-electron chi connectivity index (χ1n) is 9.72. The Morgan fingerprint density at radius 2 is 1.97 bits per heavy atom. The third kappa shape index (κ3) is 4.33. The van der Waals surface area contributed by atoms with E-state index >= 15 is 0 Å². The molecule has 1 aliphatic heterocycles. The van der Waals surface area contributed by atoms with E-state index in [2.05, 4.69) is 6.58 Å². The van der Waals surface area contributed by atoms with Gasteiger partial charge in [-0.25, -0.2) is 13.2 Å². The molecule has 1 aliphatic rings. The molecule has 160 valence electrons. The maximum atomic E-state index is 12.6. The molecule has 0 spiro atoms. The van der Waals surface area contributed by atoms with Crippen molar-refractivity contribution < 1.29 is 22.7 Å². The molecule has 0 aliphatic carbocycles. The normalized spacial score (nSPS) is 13.6. The van der Waals surface area contributed by atoms with E-state index in [1.165, 1.54) is 16.6 Å². The number of hydrogen-bond donors (Lipinski definition) is 0. The number of nitrogens with zero attached hydrogens (tertiary/aromatic N) is 2. The average Bonchev–Trinajstić information content (AvgIpc) is 2.98. The van der Waals surface area contributed by atoms with Gasteiger partial charge in [0.1, 0.15) is 0 Å². The fourth-order valence-corrected chi connectivity index (χ4v) is 4.82. The quantitative estimate of drug-likeness (QED) is 0.383. The van der Waals surface area contributed by atoms with Crippen LogP contribution in [0, 0.1) is 13.8 Å². The van der Waals surface area contributed by atoms with E-state index in [-0.39, 0.29) is 12.4 Å². The summed E-state index contributed by atoms with van der Waals surface area (Å²) in [7, 11) is -3.37. The van der Waals surface area contributed by atoms with E-state index < -0.39 is 16.0 Å². The molecule has 8 heteroatoms. The van der Waals surface area contributed by atoms with Gasteiger partial charge in [-0.15, -0.1) is 6.58 Å². The summed E-state index contributed by atoms with van der Waals surface area (Å²) in [5.74, 6) is -0.879. The van der Waals surface area contributed by atoms with Crippen LogP contribution in [0.1, 0.15) is 44.1 Å². The third-order valence-electron chi connectivity index (χ3n) is 5.31. The number of aryl methyl sites for hydroxylation is 2. The van der Waals surface area contributed by atoms with Crippen molar-refractivity contribution in [1.82, 2.24) is 4.57 Å². The Morgan fingerprint density at radius 3 is 2.63 bits per heavy atom. The third-order valence-corrected chi connectivity index (χ3v) is 6.49. The van der Waals surface area contributed by atoms with Gasteiger partial charge in [-0.1, -0.05) is 6.08 Å². The van der Waals surface area contributed by atoms with Crippen LogP contribution in [0.2, 0.25) is 0 Å². The van der Waals surface area contributed by atoms with Gasteiger partial charge in [0.25, 0.3) is 0 Å². The fraction of sp³-hybridized carbons (Fsp3) is 0.364. The molecule has 2 aromatic rings. The highest BCUT2D eigenvalue weighted by atomic mass is 32.2. The SMILES string of the molecule is C=CCn1c(C)cc(C(=O)COC(=O)c2ccc3c(c2)CCCN3S(C)(=O)=O)c1C. The lowest BCUT2D eigenvalue weighted by molar-refractivity contribution is 0.0474. The molecular weight excluding hydrogens is 404 g/mol. The van der Waals surface area contributed by atoms with Crippen molar-refractivity contribution in [2.75, 3.05) is 23.7 Å². The fourth-order valence-electron chi connectivity index (χ4n) is 3.82. The second-order valence-corrected chi connectivity index (χ2v) is 9.37. The number of benzene rings is 1. The van der Waals surface area contributed by atoms with Crippen molar-refractivity contribution in [3.05, 3.63) is 65.0 Å². The number of esters is 1. The summed E-state index contributed by atoms with van der Waals surface area (Å²) in [6.07, 6.45) is 4.28. The largest absolute Gasteiger partial charge is 0.454 e. The molecule has 1 aromatic heterocycles. The van der Waals surface area contributed by atoms with Gasteiger partial charge in [-0.05, 0) is 56.5 Å². The Labute approximate surface area is 177 Å². The van der Waals surface area contributed by atoms with Gasteiger partial charge >= 0.3 is 5.97 Å². The molecule has 0 radical (unpaired) electrons. The molecule has 1 aromatic carbocycles. The number of allylic oxidation sites excluding steroid dienone is 1. The van der Waals surface area contributed by atoms with Crippen molar-refractivity contribution in [1.29, 1.82) is 0 Å². The monoisotopic (exact) mass is 430 g/mol. The van der Waals surface area contributed by atoms with Gasteiger partial charge in [0.15, 0.2) is 6.61 Å². The molecule has 7 nitrogen and oxygen atoms in total. The maximum Gasteiger partial charge on any atom is 0.338 e. The minimum atomic E-state index is -3.37. The van der Waals surface area contributed by atoms with Crippen LogP contribution in [-0.4, -0.2) is 44.1 Å². The van der Waals surface area contributed by atoms with Crippen LogP contribution in [-0.2, 0) is 27.7 Å². The minimum absolute atomic E-state index is 0.270. The first-order valence-corrected chi connectivity index (χ1v) is 11.6. The van der Waals surface area contributed by atoms with Crippen LogP contribution >= 0.6 is 0 Å². The van der Waals surface area contributed by atoms with Crippen molar-refractivity contribution in [2.24, 2.45) is 0 Å². The minimum Gasteiger partial charge on any atom is -0.454 e. The summed E-state index contributed by atoms with van der Waals surface area (Å²) in [4.78, 5) is 25.0. The molecule has 30 heavy (non-hydrogen) atoms. The lowest BCUT2D eigenvalue weighted by Gasteiger charge is -2.29. The standard InChI is InChI=1S/C22H26N2O5S/c1-5-10-23-15(2)12-19(16(23)3)21(25)14-29-22(26)18-8-9-20-17(13-18)7-6-11-24(20)30(4,27)28/h5,8-9,12-13H,1,6-7,10-11,14H2,2-4H3. The Morgan fingerprint density at radius 1 is 1.23 bits per heavy atom. The predicted molar refractivity (Wildman–Crippen MR) is 116 cm³/mol. The molecule has 0 fully saturated rings. The summed E-state index contributed by atoms with van der Waals surface area (Å²) >= 11 is 0. The second kappa shape index (κ2) is 8.47. The van der Waals surface area contributed by atoms with Crippen LogP contribution in [0.5, 0.6) is 0 Å². The lowest BCUT2D eigenvalue weighted by Crippen LogP contribution is -2.34. The molecule has 3 rings (SSSR count). The Balaban J connectivity index is 1.72. The van der Waals surface area contributed by atoms with E-state index in [0.29, 0.717) is 42.7 Å². The van der Waals surface area contributed by atoms with Gasteiger partial charge in [0.05, 0.1) is 17.5 Å². The second-order valence-electron chi connectivity index (χ2n) is 7.47. The number of ether oxygens (including phenoxy) is 1. The van der Waals surface area contributed by atoms with E-state index in [4.69, 9.17) is 4.74 Å². The van der Waals surface area contributed by atoms with E-state index in [1.54, 1.807) is 24.3 Å². The number of Topliss-reactive ketones (excluding diaryl/α,β-unsaturated/α-hetero) is 1. The Hall–Kier alpha value is -2.87. The van der Waals surface area contributed by atoms with Gasteiger partial charge in [0.2, 0.25) is 15.8 Å². The predicted octanol–water partition coefficient (Wildman–Crippen LogP) is 3.04. The number of ketones is 1. The summed E-state index contributed by atoms with van der Waals surface area (Å²) < 4.78 is 32.5. The first kappa shape index (κ1) is 21.8. The highest BCUT2D eigenvalue weighted by Crippen LogP contribution is 2.30. The Kier molecular flexibility index (Phi) is 6.17. The smallest absolute Gasteiger partial charge is 0.338 e. The van der Waals surface area contributed by atoms with E-state index in [0.717, 1.165) is 17.0 Å². The lowest BCUT2D eigenvalue weighted by atomic mass is 10.0. The van der Waals surface area contributed by atoms with Crippen LogP contribution in [0.3, 0.4) is 0 Å². The van der Waals surface area contributed by atoms with E-state index in [1.807, 2.05) is 18.4 Å². The number of fused-ring (bicyclic) bond motifs is 1. The number of rotatable bonds is 7. The van der Waals surface area contributed by atoms with Crippen LogP contribution < -0.4 is 4.31 Å². The van der Waals surface area contributed by atoms with Gasteiger partial charge in [-0.2, -0.15) is 0 Å². The molecule has 0 bridgehead atoms. The van der Waals surface area contributed by atoms with E-state index in [9.17, 15) is 18.0 Å². The molecule has 0 atom stereocenters. The molecule has 0 unspecified atom stereocenters. The highest BCUT2D eigenvalue weighted by Gasteiger charge is 2.25. The molecule has 2 heterocycles. The average molecular weight is 431 g/mol. The number of anilines is 1.